The molecule has 0 aliphatic rings. The molecular formula is C13H21N5. The van der Waals surface area contributed by atoms with Crippen molar-refractivity contribution in [2.45, 2.75) is 33.2 Å². The van der Waals surface area contributed by atoms with Gasteiger partial charge in [-0.1, -0.05) is 19.9 Å². The highest BCUT2D eigenvalue weighted by molar-refractivity contribution is 5.49. The van der Waals surface area contributed by atoms with E-state index in [2.05, 4.69) is 29.2 Å². The predicted octanol–water partition coefficient (Wildman–Crippen LogP) is 1.82. The second-order valence-electron chi connectivity index (χ2n) is 5.10. The first-order valence-corrected chi connectivity index (χ1v) is 6.38. The van der Waals surface area contributed by atoms with E-state index >= 15 is 0 Å². The largest absolute Gasteiger partial charge is 0.349 e. The lowest BCUT2D eigenvalue weighted by atomic mass is 10.0. The van der Waals surface area contributed by atoms with E-state index in [4.69, 9.17) is 5.73 Å². The molecule has 1 unspecified atom stereocenters. The number of aromatic nitrogens is 3. The Hall–Kier alpha value is -1.62. The van der Waals surface area contributed by atoms with Crippen LogP contribution in [0.4, 0.5) is 5.95 Å². The predicted molar refractivity (Wildman–Crippen MR) is 73.6 cm³/mol. The third kappa shape index (κ3) is 2.79. The molecular weight excluding hydrogens is 226 g/mol. The summed E-state index contributed by atoms with van der Waals surface area (Å²) < 4.78 is 1.79. The molecule has 98 valence electrons. The average molecular weight is 247 g/mol. The van der Waals surface area contributed by atoms with E-state index in [1.807, 2.05) is 25.3 Å². The number of hydrogen-bond donors (Lipinski definition) is 2. The van der Waals surface area contributed by atoms with Gasteiger partial charge in [0.2, 0.25) is 5.95 Å². The highest BCUT2D eigenvalue weighted by Gasteiger charge is 2.12. The molecule has 0 aliphatic heterocycles. The lowest BCUT2D eigenvalue weighted by Gasteiger charge is -2.17. The van der Waals surface area contributed by atoms with Crippen molar-refractivity contribution in [2.24, 2.45) is 11.7 Å². The number of fused-ring (bicyclic) bond motifs is 1. The summed E-state index contributed by atoms with van der Waals surface area (Å²) in [4.78, 5) is 4.49. The molecule has 5 nitrogen and oxygen atoms in total. The number of nitrogens with zero attached hydrogens (tertiary/aromatic N) is 3. The van der Waals surface area contributed by atoms with Gasteiger partial charge in [0.25, 0.3) is 0 Å². The molecule has 5 heteroatoms. The van der Waals surface area contributed by atoms with Crippen molar-refractivity contribution in [1.82, 2.24) is 14.6 Å². The summed E-state index contributed by atoms with van der Waals surface area (Å²) in [6, 6.07) is 4.22. The topological polar surface area (TPSA) is 68.2 Å². The third-order valence-electron chi connectivity index (χ3n) is 2.93. The van der Waals surface area contributed by atoms with Crippen molar-refractivity contribution in [3.05, 3.63) is 23.9 Å². The number of pyridine rings is 1. The third-order valence-corrected chi connectivity index (χ3v) is 2.93. The fourth-order valence-corrected chi connectivity index (χ4v) is 2.07. The maximum atomic E-state index is 5.77. The SMILES string of the molecule is Cc1cccn2nc(NC(CN)CC(C)C)nc12. The summed E-state index contributed by atoms with van der Waals surface area (Å²) in [5, 5.41) is 7.72. The molecule has 0 saturated heterocycles. The van der Waals surface area contributed by atoms with Gasteiger partial charge in [0.15, 0.2) is 5.65 Å². The van der Waals surface area contributed by atoms with Crippen LogP contribution in [0.3, 0.4) is 0 Å². The van der Waals surface area contributed by atoms with Gasteiger partial charge in [-0.2, -0.15) is 4.98 Å². The molecule has 0 saturated carbocycles. The minimum atomic E-state index is 0.225. The van der Waals surface area contributed by atoms with Crippen molar-refractivity contribution in [2.75, 3.05) is 11.9 Å². The maximum absolute atomic E-state index is 5.77. The van der Waals surface area contributed by atoms with E-state index in [9.17, 15) is 0 Å². The zero-order valence-electron chi connectivity index (χ0n) is 11.2. The van der Waals surface area contributed by atoms with Crippen molar-refractivity contribution in [3.63, 3.8) is 0 Å². The Morgan fingerprint density at radius 2 is 2.22 bits per heavy atom. The van der Waals surface area contributed by atoms with E-state index in [1.165, 1.54) is 0 Å². The summed E-state index contributed by atoms with van der Waals surface area (Å²) >= 11 is 0. The number of hydrogen-bond acceptors (Lipinski definition) is 4. The molecule has 2 aromatic heterocycles. The van der Waals surface area contributed by atoms with Crippen LogP contribution in [0.5, 0.6) is 0 Å². The van der Waals surface area contributed by atoms with Gasteiger partial charge in [-0.3, -0.25) is 0 Å². The second kappa shape index (κ2) is 5.35. The number of anilines is 1. The maximum Gasteiger partial charge on any atom is 0.243 e. The fraction of sp³-hybridized carbons (Fsp3) is 0.538. The number of rotatable bonds is 5. The number of nitrogens with two attached hydrogens (primary N) is 1. The number of nitrogens with one attached hydrogen (secondary N) is 1. The van der Waals surface area contributed by atoms with Gasteiger partial charge in [0, 0.05) is 18.8 Å². The number of aryl methyl sites for hydroxylation is 1. The van der Waals surface area contributed by atoms with Gasteiger partial charge in [-0.15, -0.1) is 5.10 Å². The Morgan fingerprint density at radius 1 is 1.44 bits per heavy atom. The van der Waals surface area contributed by atoms with E-state index in [-0.39, 0.29) is 6.04 Å². The van der Waals surface area contributed by atoms with Crippen molar-refractivity contribution in [3.8, 4) is 0 Å². The van der Waals surface area contributed by atoms with Crippen molar-refractivity contribution in [1.29, 1.82) is 0 Å². The summed E-state index contributed by atoms with van der Waals surface area (Å²) in [5.74, 6) is 1.25. The zero-order valence-corrected chi connectivity index (χ0v) is 11.2. The van der Waals surface area contributed by atoms with Crippen molar-refractivity contribution >= 4 is 11.6 Å². The minimum absolute atomic E-state index is 0.225. The monoisotopic (exact) mass is 247 g/mol. The van der Waals surface area contributed by atoms with Crippen LogP contribution in [0, 0.1) is 12.8 Å². The molecule has 2 aromatic rings. The van der Waals surface area contributed by atoms with Gasteiger partial charge < -0.3 is 11.1 Å². The van der Waals surface area contributed by atoms with Crippen LogP contribution < -0.4 is 11.1 Å². The summed E-state index contributed by atoms with van der Waals surface area (Å²) in [7, 11) is 0. The quantitative estimate of drug-likeness (QED) is 0.845. The second-order valence-corrected chi connectivity index (χ2v) is 5.10. The van der Waals surface area contributed by atoms with E-state index in [0.717, 1.165) is 17.6 Å². The first-order chi connectivity index (χ1) is 8.60. The first kappa shape index (κ1) is 12.8. The standard InChI is InChI=1S/C13H21N5/c1-9(2)7-11(8-14)15-13-16-12-10(3)5-4-6-18(12)17-13/h4-6,9,11H,7-8,14H2,1-3H3,(H,15,17). The summed E-state index contributed by atoms with van der Waals surface area (Å²) in [5.41, 5.74) is 7.77. The molecule has 0 spiro atoms. The zero-order chi connectivity index (χ0) is 13.1. The molecule has 0 radical (unpaired) electrons. The van der Waals surface area contributed by atoms with Crippen LogP contribution in [-0.4, -0.2) is 27.2 Å². The van der Waals surface area contributed by atoms with Crippen molar-refractivity contribution < 1.29 is 0 Å². The Morgan fingerprint density at radius 3 is 2.83 bits per heavy atom. The highest BCUT2D eigenvalue weighted by Crippen LogP contribution is 2.12. The molecule has 0 fully saturated rings. The normalized spacial score (nSPS) is 13.2. The Kier molecular flexibility index (Phi) is 3.81. The molecule has 3 N–H and O–H groups in total. The molecule has 1 atom stereocenters. The lowest BCUT2D eigenvalue weighted by Crippen LogP contribution is -2.30. The van der Waals surface area contributed by atoms with Crippen LogP contribution in [0.1, 0.15) is 25.8 Å². The smallest absolute Gasteiger partial charge is 0.243 e. The van der Waals surface area contributed by atoms with Crippen LogP contribution >= 0.6 is 0 Å². The van der Waals surface area contributed by atoms with Gasteiger partial charge in [-0.25, -0.2) is 4.52 Å². The Balaban J connectivity index is 2.18. The van der Waals surface area contributed by atoms with E-state index in [0.29, 0.717) is 18.4 Å². The summed E-state index contributed by atoms with van der Waals surface area (Å²) in [6.45, 7) is 6.99. The van der Waals surface area contributed by atoms with Crippen LogP contribution in [0.25, 0.3) is 5.65 Å². The molecule has 0 bridgehead atoms. The summed E-state index contributed by atoms with van der Waals surface area (Å²) in [6.07, 6.45) is 2.92. The minimum Gasteiger partial charge on any atom is -0.349 e. The van der Waals surface area contributed by atoms with Crippen LogP contribution in [0.15, 0.2) is 18.3 Å². The van der Waals surface area contributed by atoms with Crippen LogP contribution in [-0.2, 0) is 0 Å². The van der Waals surface area contributed by atoms with E-state index < -0.39 is 0 Å². The van der Waals surface area contributed by atoms with Gasteiger partial charge in [-0.05, 0) is 30.9 Å². The van der Waals surface area contributed by atoms with Gasteiger partial charge in [0.1, 0.15) is 0 Å². The Labute approximate surface area is 107 Å². The molecule has 2 heterocycles. The lowest BCUT2D eigenvalue weighted by molar-refractivity contribution is 0.520. The highest BCUT2D eigenvalue weighted by atomic mass is 15.3. The average Bonchev–Trinajstić information content (AvgIpc) is 2.71. The molecule has 18 heavy (non-hydrogen) atoms. The van der Waals surface area contributed by atoms with Gasteiger partial charge in [0.05, 0.1) is 0 Å². The molecule has 0 aromatic carbocycles. The molecule has 2 rings (SSSR count). The fourth-order valence-electron chi connectivity index (χ4n) is 2.07. The Bertz CT molecular complexity index is 517. The van der Waals surface area contributed by atoms with Crippen LogP contribution in [0.2, 0.25) is 0 Å². The first-order valence-electron chi connectivity index (χ1n) is 6.38. The molecule has 0 aliphatic carbocycles. The molecule has 0 amide bonds. The van der Waals surface area contributed by atoms with Gasteiger partial charge >= 0.3 is 0 Å². The van der Waals surface area contributed by atoms with E-state index in [1.54, 1.807) is 4.52 Å².